The predicted molar refractivity (Wildman–Crippen MR) is 64.9 cm³/mol. The van der Waals surface area contributed by atoms with Crippen LogP contribution >= 0.6 is 0 Å². The number of carbonyl (C=O) groups is 2. The van der Waals surface area contributed by atoms with Crippen LogP contribution in [0.25, 0.3) is 0 Å². The van der Waals surface area contributed by atoms with E-state index < -0.39 is 5.54 Å². The van der Waals surface area contributed by atoms with E-state index in [9.17, 15) is 9.59 Å². The highest BCUT2D eigenvalue weighted by atomic mass is 16.2. The molecule has 0 radical (unpaired) electrons. The number of aryl methyl sites for hydroxylation is 1. The summed E-state index contributed by atoms with van der Waals surface area (Å²) in [6.45, 7) is 0.0896. The Morgan fingerprint density at radius 3 is 2.67 bits per heavy atom. The average molecular weight is 248 g/mol. The van der Waals surface area contributed by atoms with Gasteiger partial charge in [0.05, 0.1) is 11.9 Å². The van der Waals surface area contributed by atoms with Crippen LogP contribution in [0.4, 0.5) is 5.69 Å². The number of aromatic nitrogens is 2. The van der Waals surface area contributed by atoms with Crippen LogP contribution in [0, 0.1) is 0 Å². The molecule has 1 aromatic rings. The van der Waals surface area contributed by atoms with Gasteiger partial charge >= 0.3 is 0 Å². The van der Waals surface area contributed by atoms with E-state index >= 15 is 0 Å². The molecule has 1 N–H and O–H groups in total. The fraction of sp³-hybridized carbons (Fsp3) is 0.583. The molecule has 2 amide bonds. The quantitative estimate of drug-likeness (QED) is 0.771. The highest BCUT2D eigenvalue weighted by Crippen LogP contribution is 2.34. The Morgan fingerprint density at radius 2 is 2.06 bits per heavy atom. The second kappa shape index (κ2) is 3.83. The lowest BCUT2D eigenvalue weighted by Crippen LogP contribution is -2.65. The molecule has 18 heavy (non-hydrogen) atoms. The van der Waals surface area contributed by atoms with Gasteiger partial charge in [-0.2, -0.15) is 5.10 Å². The minimum absolute atomic E-state index is 0.00704. The van der Waals surface area contributed by atoms with Gasteiger partial charge in [-0.1, -0.05) is 12.8 Å². The minimum Gasteiger partial charge on any atom is -0.340 e. The molecule has 0 atom stereocenters. The van der Waals surface area contributed by atoms with Crippen molar-refractivity contribution in [2.24, 2.45) is 7.05 Å². The number of amides is 2. The van der Waals surface area contributed by atoms with Crippen molar-refractivity contribution in [1.29, 1.82) is 0 Å². The number of hydrogen-bond acceptors (Lipinski definition) is 3. The molecule has 1 saturated heterocycles. The van der Waals surface area contributed by atoms with E-state index in [1.165, 1.54) is 0 Å². The van der Waals surface area contributed by atoms with Gasteiger partial charge in [0.1, 0.15) is 12.1 Å². The van der Waals surface area contributed by atoms with E-state index in [2.05, 4.69) is 10.4 Å². The van der Waals surface area contributed by atoms with Crippen LogP contribution in [0.1, 0.15) is 25.7 Å². The molecule has 1 spiro atoms. The highest BCUT2D eigenvalue weighted by molar-refractivity contribution is 6.09. The lowest BCUT2D eigenvalue weighted by molar-refractivity contribution is -0.135. The maximum atomic E-state index is 12.6. The second-order valence-electron chi connectivity index (χ2n) is 5.10. The van der Waals surface area contributed by atoms with Crippen molar-refractivity contribution < 1.29 is 9.59 Å². The van der Waals surface area contributed by atoms with Gasteiger partial charge in [-0.3, -0.25) is 19.2 Å². The van der Waals surface area contributed by atoms with Crippen molar-refractivity contribution >= 4 is 17.5 Å². The molecule has 6 heteroatoms. The molecule has 0 unspecified atom stereocenters. The van der Waals surface area contributed by atoms with Crippen molar-refractivity contribution in [2.75, 3.05) is 11.4 Å². The maximum Gasteiger partial charge on any atom is 0.253 e. The normalized spacial score (nSPS) is 22.6. The summed E-state index contributed by atoms with van der Waals surface area (Å²) in [5.74, 6) is -0.0760. The van der Waals surface area contributed by atoms with Gasteiger partial charge in [0.25, 0.3) is 5.91 Å². The first-order valence-corrected chi connectivity index (χ1v) is 6.22. The van der Waals surface area contributed by atoms with Gasteiger partial charge < -0.3 is 5.32 Å². The van der Waals surface area contributed by atoms with Gasteiger partial charge in [0.15, 0.2) is 0 Å². The molecular weight excluding hydrogens is 232 g/mol. The van der Waals surface area contributed by atoms with Crippen LogP contribution < -0.4 is 10.2 Å². The Morgan fingerprint density at radius 1 is 1.33 bits per heavy atom. The van der Waals surface area contributed by atoms with Crippen molar-refractivity contribution in [3.63, 3.8) is 0 Å². The summed E-state index contributed by atoms with van der Waals surface area (Å²) in [6.07, 6.45) is 6.86. The molecule has 3 rings (SSSR count). The number of nitrogens with one attached hydrogen (secondary N) is 1. The van der Waals surface area contributed by atoms with Crippen molar-refractivity contribution in [3.8, 4) is 0 Å². The van der Waals surface area contributed by atoms with E-state index in [0.29, 0.717) is 5.69 Å². The van der Waals surface area contributed by atoms with Gasteiger partial charge in [-0.15, -0.1) is 0 Å². The van der Waals surface area contributed by atoms with Crippen LogP contribution in [0.5, 0.6) is 0 Å². The Kier molecular flexibility index (Phi) is 2.39. The monoisotopic (exact) mass is 248 g/mol. The summed E-state index contributed by atoms with van der Waals surface area (Å²) >= 11 is 0. The van der Waals surface area contributed by atoms with Gasteiger partial charge in [-0.25, -0.2) is 0 Å². The minimum atomic E-state index is -0.662. The number of hydrogen-bond donors (Lipinski definition) is 1. The van der Waals surface area contributed by atoms with E-state index in [1.54, 1.807) is 29.0 Å². The van der Waals surface area contributed by atoms with E-state index in [4.69, 9.17) is 0 Å². The molecule has 1 aliphatic heterocycles. The largest absolute Gasteiger partial charge is 0.340 e. The van der Waals surface area contributed by atoms with Gasteiger partial charge in [0.2, 0.25) is 5.91 Å². The van der Waals surface area contributed by atoms with Gasteiger partial charge in [-0.05, 0) is 12.8 Å². The molecule has 1 saturated carbocycles. The van der Waals surface area contributed by atoms with Crippen LogP contribution in [0.3, 0.4) is 0 Å². The standard InChI is InChI=1S/C12H16N4O2/c1-15-7-9(6-13-15)16-8-10(17)14-12(11(16)18)4-2-3-5-12/h6-7H,2-5,8H2,1H3,(H,14,17). The van der Waals surface area contributed by atoms with Gasteiger partial charge in [0, 0.05) is 13.2 Å². The summed E-state index contributed by atoms with van der Waals surface area (Å²) in [5.41, 5.74) is 0.0363. The molecule has 0 aromatic carbocycles. The van der Waals surface area contributed by atoms with Crippen molar-refractivity contribution in [1.82, 2.24) is 15.1 Å². The topological polar surface area (TPSA) is 67.2 Å². The third-order valence-corrected chi connectivity index (χ3v) is 3.79. The first kappa shape index (κ1) is 11.3. The van der Waals surface area contributed by atoms with Crippen molar-refractivity contribution in [3.05, 3.63) is 12.4 Å². The Hall–Kier alpha value is -1.85. The zero-order valence-electron chi connectivity index (χ0n) is 10.3. The number of carbonyl (C=O) groups excluding carboxylic acids is 2. The molecule has 2 heterocycles. The molecule has 6 nitrogen and oxygen atoms in total. The molecule has 1 aliphatic carbocycles. The van der Waals surface area contributed by atoms with Crippen LogP contribution in [0.2, 0.25) is 0 Å². The van der Waals surface area contributed by atoms with Crippen molar-refractivity contribution in [2.45, 2.75) is 31.2 Å². The van der Waals surface area contributed by atoms with E-state index in [1.807, 2.05) is 0 Å². The molecular formula is C12H16N4O2. The lowest BCUT2D eigenvalue weighted by atomic mass is 9.93. The van der Waals surface area contributed by atoms with Crippen LogP contribution in [-0.2, 0) is 16.6 Å². The number of piperazine rings is 1. The Labute approximate surface area is 105 Å². The summed E-state index contributed by atoms with van der Waals surface area (Å²) < 4.78 is 1.64. The Bertz CT molecular complexity index is 502. The van der Waals surface area contributed by atoms with E-state index in [-0.39, 0.29) is 18.4 Å². The predicted octanol–water partition coefficient (Wildman–Crippen LogP) is 0.196. The molecule has 2 aliphatic rings. The average Bonchev–Trinajstić information content (AvgIpc) is 2.94. The number of rotatable bonds is 1. The fourth-order valence-corrected chi connectivity index (χ4v) is 2.91. The van der Waals surface area contributed by atoms with E-state index in [0.717, 1.165) is 25.7 Å². The van der Waals surface area contributed by atoms with Crippen LogP contribution in [-0.4, -0.2) is 33.7 Å². The molecule has 2 fully saturated rings. The third-order valence-electron chi connectivity index (χ3n) is 3.79. The second-order valence-corrected chi connectivity index (χ2v) is 5.10. The summed E-state index contributed by atoms with van der Waals surface area (Å²) in [6, 6.07) is 0. The zero-order chi connectivity index (χ0) is 12.8. The number of nitrogens with zero attached hydrogens (tertiary/aromatic N) is 3. The first-order chi connectivity index (χ1) is 8.61. The molecule has 96 valence electrons. The zero-order valence-corrected chi connectivity index (χ0v) is 10.3. The summed E-state index contributed by atoms with van der Waals surface area (Å²) in [4.78, 5) is 26.0. The fourth-order valence-electron chi connectivity index (χ4n) is 2.91. The molecule has 0 bridgehead atoms. The summed E-state index contributed by atoms with van der Waals surface area (Å²) in [5, 5.41) is 6.95. The summed E-state index contributed by atoms with van der Waals surface area (Å²) in [7, 11) is 1.79. The highest BCUT2D eigenvalue weighted by Gasteiger charge is 2.48. The maximum absolute atomic E-state index is 12.6. The SMILES string of the molecule is Cn1cc(N2CC(=O)NC3(CCCC3)C2=O)cn1. The first-order valence-electron chi connectivity index (χ1n) is 6.22. The third kappa shape index (κ3) is 1.60. The van der Waals surface area contributed by atoms with Crippen LogP contribution in [0.15, 0.2) is 12.4 Å². The molecule has 1 aromatic heterocycles. The number of anilines is 1. The lowest BCUT2D eigenvalue weighted by Gasteiger charge is -2.39. The Balaban J connectivity index is 1.95. The smallest absolute Gasteiger partial charge is 0.253 e.